The molecule has 2 fully saturated rings. The summed E-state index contributed by atoms with van der Waals surface area (Å²) in [5.41, 5.74) is 4.14. The quantitative estimate of drug-likeness (QED) is 0.604. The number of nitrogens with zero attached hydrogens (tertiary/aromatic N) is 2. The van der Waals surface area contributed by atoms with E-state index in [1.807, 2.05) is 38.1 Å². The summed E-state index contributed by atoms with van der Waals surface area (Å²) in [5, 5.41) is 3.77. The number of ether oxygens (including phenoxy) is 1. The fourth-order valence-electron chi connectivity index (χ4n) is 5.21. The van der Waals surface area contributed by atoms with Crippen molar-refractivity contribution in [2.45, 2.75) is 58.2 Å². The van der Waals surface area contributed by atoms with Crippen LogP contribution < -0.4 is 5.32 Å². The zero-order chi connectivity index (χ0) is 23.4. The molecule has 1 amide bonds. The molecule has 5 nitrogen and oxygen atoms in total. The maximum atomic E-state index is 12.7. The first-order chi connectivity index (χ1) is 16.0. The minimum absolute atomic E-state index is 0.0333. The molecule has 0 bridgehead atoms. The second-order valence-corrected chi connectivity index (χ2v) is 9.69. The van der Waals surface area contributed by atoms with Crippen molar-refractivity contribution < 1.29 is 9.53 Å². The van der Waals surface area contributed by atoms with Crippen molar-refractivity contribution >= 4 is 23.3 Å². The summed E-state index contributed by atoms with van der Waals surface area (Å²) < 4.78 is 5.79. The molecule has 2 saturated heterocycles. The fourth-order valence-corrected chi connectivity index (χ4v) is 5.56. The van der Waals surface area contributed by atoms with Crippen LogP contribution in [0.4, 0.5) is 0 Å². The zero-order valence-corrected chi connectivity index (χ0v) is 20.7. The van der Waals surface area contributed by atoms with Crippen molar-refractivity contribution in [2.24, 2.45) is 0 Å². The molecule has 2 aliphatic rings. The van der Waals surface area contributed by atoms with Gasteiger partial charge in [0.05, 0.1) is 6.04 Å². The highest BCUT2D eigenvalue weighted by Gasteiger charge is 2.38. The molecule has 0 aromatic heterocycles. The molecule has 4 rings (SSSR count). The van der Waals surface area contributed by atoms with Crippen molar-refractivity contribution in [3.63, 3.8) is 0 Å². The smallest absolute Gasteiger partial charge is 0.260 e. The first-order valence-electron chi connectivity index (χ1n) is 12.0. The van der Waals surface area contributed by atoms with Gasteiger partial charge in [0, 0.05) is 37.3 Å². The second kappa shape index (κ2) is 10.7. The number of thiocarbonyl (C=S) groups is 1. The fraction of sp³-hybridized carbons (Fsp3) is 0.481. The Bertz CT molecular complexity index is 952. The Morgan fingerprint density at radius 2 is 1.76 bits per heavy atom. The SMILES string of the molecule is Cc1cccc(C)c1C(=O)NCCC(C)N1CCC(N2C(=S)OC[C@H]2c2ccccc2)CC1. The molecule has 176 valence electrons. The minimum Gasteiger partial charge on any atom is -0.468 e. The normalized spacial score (nSPS) is 20.5. The van der Waals surface area contributed by atoms with Crippen LogP contribution in [-0.2, 0) is 4.74 Å². The van der Waals surface area contributed by atoms with Crippen LogP contribution >= 0.6 is 12.2 Å². The number of rotatable bonds is 7. The third kappa shape index (κ3) is 5.39. The number of likely N-dealkylation sites (tertiary alicyclic amines) is 1. The van der Waals surface area contributed by atoms with Crippen LogP contribution in [0.3, 0.4) is 0 Å². The van der Waals surface area contributed by atoms with Gasteiger partial charge in [0.25, 0.3) is 11.1 Å². The number of nitrogens with one attached hydrogen (secondary N) is 1. The second-order valence-electron chi connectivity index (χ2n) is 9.34. The Morgan fingerprint density at radius 3 is 2.42 bits per heavy atom. The van der Waals surface area contributed by atoms with Crippen LogP contribution in [0.15, 0.2) is 48.5 Å². The highest BCUT2D eigenvalue weighted by Crippen LogP contribution is 2.33. The number of amides is 1. The summed E-state index contributed by atoms with van der Waals surface area (Å²) in [5.74, 6) is 0.0333. The number of piperidine rings is 1. The summed E-state index contributed by atoms with van der Waals surface area (Å²) in [7, 11) is 0. The largest absolute Gasteiger partial charge is 0.468 e. The minimum atomic E-state index is 0.0333. The molecule has 2 aliphatic heterocycles. The van der Waals surface area contributed by atoms with Gasteiger partial charge in [-0.15, -0.1) is 0 Å². The summed E-state index contributed by atoms with van der Waals surface area (Å²) in [6.07, 6.45) is 3.09. The topological polar surface area (TPSA) is 44.8 Å². The third-order valence-electron chi connectivity index (χ3n) is 7.17. The molecule has 1 unspecified atom stereocenters. The van der Waals surface area contributed by atoms with Crippen molar-refractivity contribution in [3.05, 3.63) is 70.8 Å². The highest BCUT2D eigenvalue weighted by molar-refractivity contribution is 7.80. The predicted molar refractivity (Wildman–Crippen MR) is 136 cm³/mol. The molecule has 2 heterocycles. The van der Waals surface area contributed by atoms with Gasteiger partial charge >= 0.3 is 0 Å². The van der Waals surface area contributed by atoms with Gasteiger partial charge in [-0.1, -0.05) is 48.5 Å². The number of carbonyl (C=O) groups excluding carboxylic acids is 1. The molecular weight excluding hydrogens is 430 g/mol. The number of aryl methyl sites for hydroxylation is 2. The number of hydrogen-bond acceptors (Lipinski definition) is 4. The molecular formula is C27H35N3O2S. The van der Waals surface area contributed by atoms with E-state index >= 15 is 0 Å². The molecule has 33 heavy (non-hydrogen) atoms. The van der Waals surface area contributed by atoms with E-state index in [-0.39, 0.29) is 11.9 Å². The van der Waals surface area contributed by atoms with Crippen LogP contribution in [0.2, 0.25) is 0 Å². The first kappa shape index (κ1) is 23.7. The molecule has 1 N–H and O–H groups in total. The van der Waals surface area contributed by atoms with Crippen molar-refractivity contribution in [2.75, 3.05) is 26.2 Å². The van der Waals surface area contributed by atoms with Crippen LogP contribution in [0.5, 0.6) is 0 Å². The van der Waals surface area contributed by atoms with Gasteiger partial charge in [0.15, 0.2) is 0 Å². The molecule has 6 heteroatoms. The predicted octanol–water partition coefficient (Wildman–Crippen LogP) is 4.63. The lowest BCUT2D eigenvalue weighted by atomic mass is 9.98. The summed E-state index contributed by atoms with van der Waals surface area (Å²) >= 11 is 5.57. The van der Waals surface area contributed by atoms with E-state index in [9.17, 15) is 4.79 Å². The first-order valence-corrected chi connectivity index (χ1v) is 12.4. The Hall–Kier alpha value is -2.44. The number of benzene rings is 2. The molecule has 0 spiro atoms. The molecule has 0 radical (unpaired) electrons. The van der Waals surface area contributed by atoms with Crippen LogP contribution in [0.25, 0.3) is 0 Å². The highest BCUT2D eigenvalue weighted by atomic mass is 32.1. The maximum absolute atomic E-state index is 12.7. The summed E-state index contributed by atoms with van der Waals surface area (Å²) in [6, 6.07) is 17.6. The van der Waals surface area contributed by atoms with Crippen molar-refractivity contribution in [3.8, 4) is 0 Å². The van der Waals surface area contributed by atoms with Gasteiger partial charge in [0.2, 0.25) is 0 Å². The van der Waals surface area contributed by atoms with Crippen molar-refractivity contribution in [1.82, 2.24) is 15.1 Å². The lowest BCUT2D eigenvalue weighted by Crippen LogP contribution is -2.48. The summed E-state index contributed by atoms with van der Waals surface area (Å²) in [6.45, 7) is 9.66. The number of hydrogen-bond donors (Lipinski definition) is 1. The lowest BCUT2D eigenvalue weighted by Gasteiger charge is -2.41. The van der Waals surface area contributed by atoms with Gasteiger partial charge in [-0.2, -0.15) is 0 Å². The van der Waals surface area contributed by atoms with E-state index in [2.05, 4.69) is 46.3 Å². The van der Waals surface area contributed by atoms with Gasteiger partial charge in [-0.25, -0.2) is 0 Å². The van der Waals surface area contributed by atoms with Crippen LogP contribution in [0.1, 0.15) is 59.3 Å². The third-order valence-corrected chi connectivity index (χ3v) is 7.50. The Labute approximate surface area is 203 Å². The molecule has 0 aliphatic carbocycles. The average Bonchev–Trinajstić information content (AvgIpc) is 3.21. The van der Waals surface area contributed by atoms with Gasteiger partial charge < -0.3 is 19.9 Å². The molecule has 2 aromatic rings. The lowest BCUT2D eigenvalue weighted by molar-refractivity contribution is 0.0931. The average molecular weight is 466 g/mol. The van der Waals surface area contributed by atoms with E-state index < -0.39 is 0 Å². The molecule has 0 saturated carbocycles. The Balaban J connectivity index is 1.26. The van der Waals surface area contributed by atoms with E-state index in [1.165, 1.54) is 5.56 Å². The van der Waals surface area contributed by atoms with E-state index in [0.717, 1.165) is 49.0 Å². The van der Waals surface area contributed by atoms with E-state index in [4.69, 9.17) is 17.0 Å². The maximum Gasteiger partial charge on any atom is 0.260 e. The number of carbonyl (C=O) groups is 1. The standard InChI is InChI=1S/C27H35N3O2S/c1-19-8-7-9-20(2)25(19)26(31)28-15-12-21(3)29-16-13-23(14-17-29)30-24(18-32-27(30)33)22-10-5-4-6-11-22/h4-11,21,23-24H,12-18H2,1-3H3,(H,28,31)/t21?,24-/m0/s1. The Morgan fingerprint density at radius 1 is 1.09 bits per heavy atom. The van der Waals surface area contributed by atoms with Crippen LogP contribution in [-0.4, -0.2) is 59.2 Å². The van der Waals surface area contributed by atoms with E-state index in [1.54, 1.807) is 0 Å². The van der Waals surface area contributed by atoms with Gasteiger partial charge in [0.1, 0.15) is 6.61 Å². The molecule has 2 atom stereocenters. The molecule has 2 aromatic carbocycles. The zero-order valence-electron chi connectivity index (χ0n) is 19.9. The summed E-state index contributed by atoms with van der Waals surface area (Å²) in [4.78, 5) is 17.5. The Kier molecular flexibility index (Phi) is 7.66. The van der Waals surface area contributed by atoms with Gasteiger partial charge in [-0.05, 0) is 68.9 Å². The van der Waals surface area contributed by atoms with E-state index in [0.29, 0.717) is 30.4 Å². The monoisotopic (exact) mass is 465 g/mol. The van der Waals surface area contributed by atoms with Crippen LogP contribution in [0, 0.1) is 13.8 Å². The van der Waals surface area contributed by atoms with Gasteiger partial charge in [-0.3, -0.25) is 4.79 Å². The van der Waals surface area contributed by atoms with Crippen molar-refractivity contribution in [1.29, 1.82) is 0 Å².